The van der Waals surface area contributed by atoms with Crippen molar-refractivity contribution >= 4 is 38.6 Å². The molecular formula is C10H9BrN4O2S. The summed E-state index contributed by atoms with van der Waals surface area (Å²) in [7, 11) is 0. The molecule has 0 atom stereocenters. The largest absolute Gasteiger partial charge is 0.372 e. The van der Waals surface area contributed by atoms with E-state index in [2.05, 4.69) is 31.2 Å². The summed E-state index contributed by atoms with van der Waals surface area (Å²) in [4.78, 5) is 19.5. The van der Waals surface area contributed by atoms with E-state index in [0.29, 0.717) is 16.7 Å². The quantitative estimate of drug-likeness (QED) is 0.688. The topological polar surface area (TPSA) is 81.0 Å². The van der Waals surface area contributed by atoms with Gasteiger partial charge in [-0.3, -0.25) is 15.1 Å². The normalized spacial score (nSPS) is 10.3. The Morgan fingerprint density at radius 1 is 1.50 bits per heavy atom. The molecule has 2 rings (SSSR count). The van der Waals surface area contributed by atoms with Crippen LogP contribution in [-0.4, -0.2) is 14.9 Å². The average Bonchev–Trinajstić information content (AvgIpc) is 2.73. The predicted octanol–water partition coefficient (Wildman–Crippen LogP) is 3.13. The molecule has 6 nitrogen and oxygen atoms in total. The summed E-state index contributed by atoms with van der Waals surface area (Å²) in [6.07, 6.45) is 4.51. The number of aromatic nitrogens is 2. The van der Waals surface area contributed by atoms with Crippen LogP contribution in [0.25, 0.3) is 0 Å². The molecule has 1 N–H and O–H groups in total. The highest BCUT2D eigenvalue weighted by Crippen LogP contribution is 2.31. The fourth-order valence-corrected chi connectivity index (χ4v) is 2.57. The summed E-state index contributed by atoms with van der Waals surface area (Å²) in [5.41, 5.74) is 0.362. The van der Waals surface area contributed by atoms with Crippen molar-refractivity contribution in [2.75, 3.05) is 5.32 Å². The first kappa shape index (κ1) is 12.9. The molecule has 0 bridgehead atoms. The Balaban J connectivity index is 2.20. The molecule has 0 amide bonds. The van der Waals surface area contributed by atoms with Crippen molar-refractivity contribution in [1.29, 1.82) is 0 Å². The SMILES string of the molecule is Cc1cnc(CNc2c(Br)cncc2[N+](=O)[O-])s1. The zero-order valence-corrected chi connectivity index (χ0v) is 11.8. The highest BCUT2D eigenvalue weighted by atomic mass is 79.9. The molecule has 0 aliphatic heterocycles. The van der Waals surface area contributed by atoms with Crippen molar-refractivity contribution in [3.63, 3.8) is 0 Å². The molecule has 94 valence electrons. The van der Waals surface area contributed by atoms with Gasteiger partial charge in [-0.1, -0.05) is 0 Å². The van der Waals surface area contributed by atoms with Gasteiger partial charge in [0.1, 0.15) is 16.9 Å². The fourth-order valence-electron chi connectivity index (χ4n) is 1.39. The zero-order chi connectivity index (χ0) is 13.1. The number of anilines is 1. The van der Waals surface area contributed by atoms with E-state index in [1.165, 1.54) is 12.4 Å². The molecule has 0 aromatic carbocycles. The summed E-state index contributed by atoms with van der Waals surface area (Å²) < 4.78 is 0.560. The first-order chi connectivity index (χ1) is 8.58. The highest BCUT2D eigenvalue weighted by Gasteiger charge is 2.17. The lowest BCUT2D eigenvalue weighted by Gasteiger charge is -2.06. The van der Waals surface area contributed by atoms with Crippen LogP contribution in [0.4, 0.5) is 11.4 Å². The number of nitrogens with one attached hydrogen (secondary N) is 1. The second-order valence-electron chi connectivity index (χ2n) is 3.49. The number of nitrogens with zero attached hydrogens (tertiary/aromatic N) is 3. The maximum absolute atomic E-state index is 10.9. The monoisotopic (exact) mass is 328 g/mol. The number of hydrogen-bond donors (Lipinski definition) is 1. The zero-order valence-electron chi connectivity index (χ0n) is 9.38. The Morgan fingerprint density at radius 3 is 2.89 bits per heavy atom. The molecule has 2 aromatic rings. The van der Waals surface area contributed by atoms with Gasteiger partial charge in [-0.05, 0) is 22.9 Å². The minimum Gasteiger partial charge on any atom is -0.372 e. The Bertz CT molecular complexity index is 587. The molecule has 2 aromatic heterocycles. The predicted molar refractivity (Wildman–Crippen MR) is 72.8 cm³/mol. The molecule has 0 fully saturated rings. The van der Waals surface area contributed by atoms with Crippen LogP contribution in [0.15, 0.2) is 23.1 Å². The molecule has 0 spiro atoms. The number of rotatable bonds is 4. The summed E-state index contributed by atoms with van der Waals surface area (Å²) in [5, 5.41) is 14.8. The lowest BCUT2D eigenvalue weighted by atomic mass is 10.3. The maximum atomic E-state index is 10.9. The first-order valence-corrected chi connectivity index (χ1v) is 6.62. The van der Waals surface area contributed by atoms with E-state index < -0.39 is 4.92 Å². The summed E-state index contributed by atoms with van der Waals surface area (Å²) in [5.74, 6) is 0. The number of hydrogen-bond acceptors (Lipinski definition) is 6. The molecule has 18 heavy (non-hydrogen) atoms. The third-order valence-corrected chi connectivity index (χ3v) is 3.68. The van der Waals surface area contributed by atoms with Crippen LogP contribution in [0.2, 0.25) is 0 Å². The van der Waals surface area contributed by atoms with Crippen molar-refractivity contribution in [3.8, 4) is 0 Å². The summed E-state index contributed by atoms with van der Waals surface area (Å²) >= 11 is 4.80. The van der Waals surface area contributed by atoms with Crippen molar-refractivity contribution in [2.45, 2.75) is 13.5 Å². The Morgan fingerprint density at radius 2 is 2.28 bits per heavy atom. The van der Waals surface area contributed by atoms with E-state index in [4.69, 9.17) is 0 Å². The number of thiazole rings is 1. The van der Waals surface area contributed by atoms with E-state index >= 15 is 0 Å². The van der Waals surface area contributed by atoms with Gasteiger partial charge in [-0.2, -0.15) is 0 Å². The second kappa shape index (κ2) is 5.40. The van der Waals surface area contributed by atoms with Gasteiger partial charge < -0.3 is 5.32 Å². The summed E-state index contributed by atoms with van der Waals surface area (Å²) in [6.45, 7) is 2.41. The molecule has 0 saturated carbocycles. The first-order valence-electron chi connectivity index (χ1n) is 5.01. The number of aryl methyl sites for hydroxylation is 1. The Hall–Kier alpha value is -1.54. The lowest BCUT2D eigenvalue weighted by Crippen LogP contribution is -2.03. The van der Waals surface area contributed by atoms with Gasteiger partial charge in [0.05, 0.1) is 15.9 Å². The molecule has 0 radical (unpaired) electrons. The van der Waals surface area contributed by atoms with Crippen LogP contribution < -0.4 is 5.32 Å². The molecule has 0 unspecified atom stereocenters. The molecule has 0 aliphatic rings. The van der Waals surface area contributed by atoms with E-state index in [0.717, 1.165) is 9.88 Å². The van der Waals surface area contributed by atoms with Crippen molar-refractivity contribution < 1.29 is 4.92 Å². The van der Waals surface area contributed by atoms with Crippen LogP contribution >= 0.6 is 27.3 Å². The average molecular weight is 329 g/mol. The van der Waals surface area contributed by atoms with E-state index in [9.17, 15) is 10.1 Å². The fraction of sp³-hybridized carbons (Fsp3) is 0.200. The van der Waals surface area contributed by atoms with Crippen LogP contribution in [0.1, 0.15) is 9.88 Å². The third-order valence-electron chi connectivity index (χ3n) is 2.16. The summed E-state index contributed by atoms with van der Waals surface area (Å²) in [6, 6.07) is 0. The number of pyridine rings is 1. The van der Waals surface area contributed by atoms with E-state index in [1.807, 2.05) is 6.92 Å². The number of halogens is 1. The van der Waals surface area contributed by atoms with E-state index in [1.54, 1.807) is 17.5 Å². The van der Waals surface area contributed by atoms with Gasteiger partial charge in [0.25, 0.3) is 0 Å². The highest BCUT2D eigenvalue weighted by molar-refractivity contribution is 9.10. The van der Waals surface area contributed by atoms with Crippen LogP contribution in [0.3, 0.4) is 0 Å². The minimum absolute atomic E-state index is 0.0577. The second-order valence-corrected chi connectivity index (χ2v) is 5.66. The van der Waals surface area contributed by atoms with Gasteiger partial charge in [0.15, 0.2) is 0 Å². The van der Waals surface area contributed by atoms with Crippen LogP contribution in [0.5, 0.6) is 0 Å². The minimum atomic E-state index is -0.465. The van der Waals surface area contributed by atoms with Crippen LogP contribution in [-0.2, 0) is 6.54 Å². The third kappa shape index (κ3) is 2.82. The van der Waals surface area contributed by atoms with Crippen LogP contribution in [0, 0.1) is 17.0 Å². The maximum Gasteiger partial charge on any atom is 0.311 e. The lowest BCUT2D eigenvalue weighted by molar-refractivity contribution is -0.384. The van der Waals surface area contributed by atoms with Gasteiger partial charge in [-0.15, -0.1) is 11.3 Å². The van der Waals surface area contributed by atoms with Gasteiger partial charge in [0.2, 0.25) is 0 Å². The van der Waals surface area contributed by atoms with Gasteiger partial charge >= 0.3 is 5.69 Å². The Kier molecular flexibility index (Phi) is 3.87. The van der Waals surface area contributed by atoms with Gasteiger partial charge in [-0.25, -0.2) is 4.98 Å². The van der Waals surface area contributed by atoms with Crippen molar-refractivity contribution in [1.82, 2.24) is 9.97 Å². The molecule has 0 aliphatic carbocycles. The number of nitro groups is 1. The van der Waals surface area contributed by atoms with Gasteiger partial charge in [0, 0.05) is 17.3 Å². The standard InChI is InChI=1S/C10H9BrN4O2S/c1-6-2-13-9(18-6)5-14-10-7(11)3-12-4-8(10)15(16)17/h2-4H,5H2,1H3,(H,12,14). The Labute approximate surface area is 115 Å². The molecule has 8 heteroatoms. The molecular weight excluding hydrogens is 320 g/mol. The molecule has 2 heterocycles. The van der Waals surface area contributed by atoms with Crippen molar-refractivity contribution in [2.24, 2.45) is 0 Å². The van der Waals surface area contributed by atoms with Crippen molar-refractivity contribution in [3.05, 3.63) is 43.1 Å². The van der Waals surface area contributed by atoms with E-state index in [-0.39, 0.29) is 5.69 Å². The molecule has 0 saturated heterocycles. The smallest absolute Gasteiger partial charge is 0.311 e.